The number of fused-ring (bicyclic) bond motifs is 1. The Kier molecular flexibility index (Phi) is 4.67. The molecule has 1 amide bonds. The Hall–Kier alpha value is -2.20. The maximum Gasteiger partial charge on any atom is 0.230 e. The zero-order valence-corrected chi connectivity index (χ0v) is 15.3. The van der Waals surface area contributed by atoms with Crippen molar-refractivity contribution in [2.75, 3.05) is 5.32 Å². The molecule has 0 aliphatic rings. The molecule has 0 spiro atoms. The summed E-state index contributed by atoms with van der Waals surface area (Å²) in [7, 11) is 0. The lowest BCUT2D eigenvalue weighted by Gasteiger charge is -2.06. The Morgan fingerprint density at radius 1 is 1.12 bits per heavy atom. The normalized spacial score (nSPS) is 11.2. The molecule has 1 N–H and O–H groups in total. The van der Waals surface area contributed by atoms with Gasteiger partial charge in [-0.05, 0) is 48.1 Å². The minimum Gasteiger partial charge on any atom is -0.302 e. The Morgan fingerprint density at radius 2 is 1.83 bits per heavy atom. The summed E-state index contributed by atoms with van der Waals surface area (Å²) in [6.45, 7) is 8.48. The number of amides is 1. The molecule has 0 bridgehead atoms. The summed E-state index contributed by atoms with van der Waals surface area (Å²) in [5, 5.41) is 3.60. The van der Waals surface area contributed by atoms with E-state index >= 15 is 0 Å². The average molecular weight is 338 g/mol. The Bertz CT molecular complexity index is 879. The highest BCUT2D eigenvalue weighted by Gasteiger charge is 2.11. The van der Waals surface area contributed by atoms with E-state index in [1.165, 1.54) is 28.0 Å². The lowest BCUT2D eigenvalue weighted by atomic mass is 10.0. The number of benzene rings is 2. The van der Waals surface area contributed by atoms with E-state index in [0.717, 1.165) is 15.8 Å². The SMILES string of the molecule is Cc1ccc2sc(NC(=O)Cc3ccc(C(C)C)cc3)nc2c1C. The molecular weight excluding hydrogens is 316 g/mol. The molecule has 0 unspecified atom stereocenters. The van der Waals surface area contributed by atoms with Crippen LogP contribution in [-0.2, 0) is 11.2 Å². The molecule has 0 fully saturated rings. The first kappa shape index (κ1) is 16.7. The van der Waals surface area contributed by atoms with Gasteiger partial charge in [0.25, 0.3) is 0 Å². The quantitative estimate of drug-likeness (QED) is 0.709. The van der Waals surface area contributed by atoms with Crippen molar-refractivity contribution >= 4 is 32.6 Å². The van der Waals surface area contributed by atoms with E-state index < -0.39 is 0 Å². The summed E-state index contributed by atoms with van der Waals surface area (Å²) < 4.78 is 1.11. The number of hydrogen-bond acceptors (Lipinski definition) is 3. The second-order valence-corrected chi connectivity index (χ2v) is 7.53. The molecular formula is C20H22N2OS. The molecule has 0 aliphatic heterocycles. The zero-order valence-electron chi connectivity index (χ0n) is 14.5. The minimum absolute atomic E-state index is 0.0271. The summed E-state index contributed by atoms with van der Waals surface area (Å²) in [6.07, 6.45) is 0.367. The van der Waals surface area contributed by atoms with E-state index in [0.29, 0.717) is 17.5 Å². The standard InChI is InChI=1S/C20H22N2OS/c1-12(2)16-8-6-15(7-9-16)11-18(23)21-20-22-19-14(4)13(3)5-10-17(19)24-20/h5-10,12H,11H2,1-4H3,(H,21,22,23). The second-order valence-electron chi connectivity index (χ2n) is 6.49. The fraction of sp³-hybridized carbons (Fsp3) is 0.300. The Morgan fingerprint density at radius 3 is 2.50 bits per heavy atom. The summed E-state index contributed by atoms with van der Waals surface area (Å²) in [4.78, 5) is 16.9. The molecule has 0 atom stereocenters. The summed E-state index contributed by atoms with van der Waals surface area (Å²) >= 11 is 1.52. The van der Waals surface area contributed by atoms with E-state index in [9.17, 15) is 4.79 Å². The highest BCUT2D eigenvalue weighted by molar-refractivity contribution is 7.22. The van der Waals surface area contributed by atoms with Crippen LogP contribution < -0.4 is 5.32 Å². The predicted molar refractivity (Wildman–Crippen MR) is 102 cm³/mol. The Labute approximate surface area is 146 Å². The van der Waals surface area contributed by atoms with Gasteiger partial charge in [-0.15, -0.1) is 0 Å². The van der Waals surface area contributed by atoms with Gasteiger partial charge < -0.3 is 5.32 Å². The lowest BCUT2D eigenvalue weighted by molar-refractivity contribution is -0.115. The van der Waals surface area contributed by atoms with Gasteiger partial charge in [-0.3, -0.25) is 4.79 Å². The monoisotopic (exact) mass is 338 g/mol. The maximum absolute atomic E-state index is 12.3. The summed E-state index contributed by atoms with van der Waals surface area (Å²) in [6, 6.07) is 12.4. The van der Waals surface area contributed by atoms with Crippen LogP contribution in [0.4, 0.5) is 5.13 Å². The van der Waals surface area contributed by atoms with Crippen LogP contribution in [0.1, 0.15) is 42.0 Å². The summed E-state index contributed by atoms with van der Waals surface area (Å²) in [5.41, 5.74) is 5.68. The minimum atomic E-state index is -0.0271. The summed E-state index contributed by atoms with van der Waals surface area (Å²) in [5.74, 6) is 0.475. The first-order valence-corrected chi connectivity index (χ1v) is 9.01. The highest BCUT2D eigenvalue weighted by atomic mass is 32.1. The largest absolute Gasteiger partial charge is 0.302 e. The van der Waals surface area contributed by atoms with Crippen molar-refractivity contribution in [2.24, 2.45) is 0 Å². The van der Waals surface area contributed by atoms with Crippen molar-refractivity contribution in [3.05, 3.63) is 58.7 Å². The first-order valence-electron chi connectivity index (χ1n) is 8.19. The average Bonchev–Trinajstić information content (AvgIpc) is 2.94. The molecule has 1 aromatic heterocycles. The molecule has 3 rings (SSSR count). The van der Waals surface area contributed by atoms with Gasteiger partial charge in [0.15, 0.2) is 5.13 Å². The van der Waals surface area contributed by atoms with Crippen LogP contribution >= 0.6 is 11.3 Å². The zero-order chi connectivity index (χ0) is 17.3. The van der Waals surface area contributed by atoms with Crippen LogP contribution in [0, 0.1) is 13.8 Å². The first-order chi connectivity index (χ1) is 11.4. The second kappa shape index (κ2) is 6.73. The van der Waals surface area contributed by atoms with Crippen LogP contribution in [0.3, 0.4) is 0 Å². The molecule has 0 saturated carbocycles. The third-order valence-electron chi connectivity index (χ3n) is 4.34. The molecule has 0 radical (unpaired) electrons. The van der Waals surface area contributed by atoms with E-state index in [4.69, 9.17) is 0 Å². The van der Waals surface area contributed by atoms with Crippen molar-refractivity contribution in [1.82, 2.24) is 4.98 Å². The number of nitrogens with zero attached hydrogens (tertiary/aromatic N) is 1. The number of nitrogens with one attached hydrogen (secondary N) is 1. The number of rotatable bonds is 4. The number of hydrogen-bond donors (Lipinski definition) is 1. The molecule has 24 heavy (non-hydrogen) atoms. The van der Waals surface area contributed by atoms with Crippen molar-refractivity contribution in [2.45, 2.75) is 40.0 Å². The number of carbonyl (C=O) groups is 1. The van der Waals surface area contributed by atoms with Gasteiger partial charge in [0.1, 0.15) is 0 Å². The molecule has 1 heterocycles. The van der Waals surface area contributed by atoms with Gasteiger partial charge in [-0.25, -0.2) is 4.98 Å². The fourth-order valence-electron chi connectivity index (χ4n) is 2.65. The van der Waals surface area contributed by atoms with Gasteiger partial charge in [0.2, 0.25) is 5.91 Å². The highest BCUT2D eigenvalue weighted by Crippen LogP contribution is 2.29. The van der Waals surface area contributed by atoms with E-state index in [2.05, 4.69) is 62.3 Å². The third-order valence-corrected chi connectivity index (χ3v) is 5.28. The molecule has 124 valence electrons. The molecule has 3 aromatic rings. The van der Waals surface area contributed by atoms with Crippen molar-refractivity contribution < 1.29 is 4.79 Å². The number of anilines is 1. The van der Waals surface area contributed by atoms with E-state index in [1.807, 2.05) is 12.1 Å². The molecule has 0 aliphatic carbocycles. The van der Waals surface area contributed by atoms with E-state index in [-0.39, 0.29) is 5.91 Å². The number of aromatic nitrogens is 1. The van der Waals surface area contributed by atoms with Crippen LogP contribution in [-0.4, -0.2) is 10.9 Å². The van der Waals surface area contributed by atoms with Crippen molar-refractivity contribution in [3.8, 4) is 0 Å². The number of thiazole rings is 1. The maximum atomic E-state index is 12.3. The van der Waals surface area contributed by atoms with Crippen LogP contribution in [0.5, 0.6) is 0 Å². The van der Waals surface area contributed by atoms with Crippen molar-refractivity contribution in [3.63, 3.8) is 0 Å². The van der Waals surface area contributed by atoms with Gasteiger partial charge in [-0.1, -0.05) is 55.5 Å². The molecule has 3 nitrogen and oxygen atoms in total. The number of carbonyl (C=O) groups excluding carboxylic acids is 1. The van der Waals surface area contributed by atoms with Gasteiger partial charge >= 0.3 is 0 Å². The number of aryl methyl sites for hydroxylation is 2. The smallest absolute Gasteiger partial charge is 0.230 e. The topological polar surface area (TPSA) is 42.0 Å². The van der Waals surface area contributed by atoms with Gasteiger partial charge in [-0.2, -0.15) is 0 Å². The molecule has 2 aromatic carbocycles. The fourth-order valence-corrected chi connectivity index (χ4v) is 3.59. The predicted octanol–water partition coefficient (Wildman–Crippen LogP) is 5.22. The van der Waals surface area contributed by atoms with Crippen LogP contribution in [0.25, 0.3) is 10.2 Å². The van der Waals surface area contributed by atoms with Gasteiger partial charge in [0.05, 0.1) is 16.6 Å². The third kappa shape index (κ3) is 3.49. The van der Waals surface area contributed by atoms with Crippen molar-refractivity contribution in [1.29, 1.82) is 0 Å². The lowest BCUT2D eigenvalue weighted by Crippen LogP contribution is -2.14. The van der Waals surface area contributed by atoms with Crippen LogP contribution in [0.15, 0.2) is 36.4 Å². The Balaban J connectivity index is 1.71. The molecule has 0 saturated heterocycles. The molecule has 4 heteroatoms. The van der Waals surface area contributed by atoms with E-state index in [1.54, 1.807) is 0 Å². The van der Waals surface area contributed by atoms with Gasteiger partial charge in [0, 0.05) is 0 Å². The van der Waals surface area contributed by atoms with Crippen LogP contribution in [0.2, 0.25) is 0 Å².